The molecular weight excluding hydrogens is 174 g/mol. The minimum absolute atomic E-state index is 0.722. The molecule has 0 radical (unpaired) electrons. The van der Waals surface area contributed by atoms with E-state index in [-0.39, 0.29) is 0 Å². The van der Waals surface area contributed by atoms with Crippen LogP contribution in [0.2, 0.25) is 0 Å². The molecule has 0 bridgehead atoms. The third kappa shape index (κ3) is 1.48. The molecule has 1 aromatic rings. The first-order valence-electron chi connectivity index (χ1n) is 4.20. The number of fused-ring (bicyclic) bond motifs is 1. The van der Waals surface area contributed by atoms with Crippen LogP contribution in [-0.2, 0) is 6.42 Å². The second-order valence-electron chi connectivity index (χ2n) is 3.28. The van der Waals surface area contributed by atoms with Gasteiger partial charge in [-0.15, -0.1) is 0 Å². The number of hydrogen-bond acceptors (Lipinski definition) is 1. The highest BCUT2D eigenvalue weighted by atomic mass is 19.3. The van der Waals surface area contributed by atoms with Gasteiger partial charge in [-0.2, -0.15) is 13.9 Å². The molecule has 0 saturated carbocycles. The predicted molar refractivity (Wildman–Crippen MR) is 45.5 cm³/mol. The Kier molecular flexibility index (Phi) is 1.90. The molecule has 0 aromatic carbocycles. The van der Waals surface area contributed by atoms with E-state index in [4.69, 9.17) is 0 Å². The fourth-order valence-corrected chi connectivity index (χ4v) is 1.51. The molecule has 0 saturated heterocycles. The highest BCUT2D eigenvalue weighted by Crippen LogP contribution is 2.23. The molecule has 2 nitrogen and oxygen atoms in total. The fourth-order valence-electron chi connectivity index (χ4n) is 1.51. The van der Waals surface area contributed by atoms with Crippen molar-refractivity contribution in [3.63, 3.8) is 0 Å². The first kappa shape index (κ1) is 8.41. The van der Waals surface area contributed by atoms with Crippen LogP contribution in [0, 0.1) is 0 Å². The van der Waals surface area contributed by atoms with E-state index in [9.17, 15) is 8.78 Å². The summed E-state index contributed by atoms with van der Waals surface area (Å²) < 4.78 is 25.2. The molecule has 0 amide bonds. The summed E-state index contributed by atoms with van der Waals surface area (Å²) in [7, 11) is 0. The molecule has 0 spiro atoms. The van der Waals surface area contributed by atoms with Crippen molar-refractivity contribution in [3.8, 4) is 0 Å². The van der Waals surface area contributed by atoms with Gasteiger partial charge in [0, 0.05) is 11.8 Å². The van der Waals surface area contributed by atoms with E-state index < -0.39 is 6.55 Å². The van der Waals surface area contributed by atoms with Crippen molar-refractivity contribution >= 4 is 6.08 Å². The lowest BCUT2D eigenvalue weighted by atomic mass is 9.99. The van der Waals surface area contributed by atoms with Gasteiger partial charge in [-0.3, -0.25) is 0 Å². The Bertz CT molecular complexity index is 352. The van der Waals surface area contributed by atoms with E-state index in [0.717, 1.165) is 28.8 Å². The Labute approximate surface area is 74.9 Å². The number of halogens is 2. The first-order valence-corrected chi connectivity index (χ1v) is 4.20. The van der Waals surface area contributed by atoms with Crippen LogP contribution in [-0.4, -0.2) is 9.78 Å². The summed E-state index contributed by atoms with van der Waals surface area (Å²) in [5.41, 5.74) is 2.84. The van der Waals surface area contributed by atoms with Gasteiger partial charge in [-0.05, 0) is 19.8 Å². The Balaban J connectivity index is 2.40. The lowest BCUT2D eigenvalue weighted by Crippen LogP contribution is -2.00. The van der Waals surface area contributed by atoms with Crippen LogP contribution in [0.3, 0.4) is 0 Å². The smallest absolute Gasteiger partial charge is 0.211 e. The third-order valence-corrected chi connectivity index (χ3v) is 2.20. The molecule has 1 heterocycles. The molecule has 2 rings (SSSR count). The monoisotopic (exact) mass is 184 g/mol. The van der Waals surface area contributed by atoms with Crippen molar-refractivity contribution in [1.29, 1.82) is 0 Å². The van der Waals surface area contributed by atoms with Crippen LogP contribution in [0.1, 0.15) is 31.2 Å². The average molecular weight is 184 g/mol. The minimum atomic E-state index is -2.53. The van der Waals surface area contributed by atoms with Crippen LogP contribution in [0.4, 0.5) is 8.78 Å². The van der Waals surface area contributed by atoms with Crippen molar-refractivity contribution in [2.75, 3.05) is 0 Å². The second kappa shape index (κ2) is 2.94. The molecule has 0 unspecified atom stereocenters. The maximum atomic E-state index is 12.2. The number of nitrogens with zero attached hydrogens (tertiary/aromatic N) is 2. The molecule has 0 fully saturated rings. The lowest BCUT2D eigenvalue weighted by molar-refractivity contribution is 0.0562. The van der Waals surface area contributed by atoms with Crippen LogP contribution < -0.4 is 0 Å². The minimum Gasteiger partial charge on any atom is -0.211 e. The summed E-state index contributed by atoms with van der Waals surface area (Å²) in [5, 5.41) is 3.81. The number of hydrogen-bond donors (Lipinski definition) is 0. The molecule has 1 aromatic heterocycles. The molecule has 0 atom stereocenters. The molecule has 1 aliphatic carbocycles. The van der Waals surface area contributed by atoms with E-state index >= 15 is 0 Å². The van der Waals surface area contributed by atoms with Crippen LogP contribution >= 0.6 is 0 Å². The van der Waals surface area contributed by atoms with E-state index in [1.807, 2.05) is 13.0 Å². The number of allylic oxidation sites excluding steroid dienone is 1. The normalized spacial score (nSPS) is 15.8. The van der Waals surface area contributed by atoms with Crippen molar-refractivity contribution in [1.82, 2.24) is 9.78 Å². The standard InChI is InChI=1S/C9H10F2N2/c1-6-2-3-8-7(4-6)5-13(12-8)9(10)11/h4-5,9H,2-3H2,1H3. The maximum absolute atomic E-state index is 12.2. The summed E-state index contributed by atoms with van der Waals surface area (Å²) >= 11 is 0. The number of aryl methyl sites for hydroxylation is 1. The summed E-state index contributed by atoms with van der Waals surface area (Å²) in [5.74, 6) is 0. The van der Waals surface area contributed by atoms with Gasteiger partial charge >= 0.3 is 6.55 Å². The number of alkyl halides is 2. The highest BCUT2D eigenvalue weighted by molar-refractivity contribution is 5.56. The quantitative estimate of drug-likeness (QED) is 0.656. The summed E-state index contributed by atoms with van der Waals surface area (Å²) in [6, 6.07) is 0. The molecule has 0 N–H and O–H groups in total. The average Bonchev–Trinajstić information content (AvgIpc) is 2.46. The summed E-state index contributed by atoms with van der Waals surface area (Å²) in [6.07, 6.45) is 5.03. The predicted octanol–water partition coefficient (Wildman–Crippen LogP) is 2.63. The Morgan fingerprint density at radius 1 is 1.46 bits per heavy atom. The van der Waals surface area contributed by atoms with Gasteiger partial charge in [-0.1, -0.05) is 11.6 Å². The molecule has 4 heteroatoms. The van der Waals surface area contributed by atoms with Gasteiger partial charge in [0.15, 0.2) is 0 Å². The van der Waals surface area contributed by atoms with E-state index in [1.165, 1.54) is 11.8 Å². The first-order chi connectivity index (χ1) is 6.16. The molecule has 13 heavy (non-hydrogen) atoms. The number of aromatic nitrogens is 2. The highest BCUT2D eigenvalue weighted by Gasteiger charge is 2.15. The van der Waals surface area contributed by atoms with E-state index in [2.05, 4.69) is 5.10 Å². The van der Waals surface area contributed by atoms with Crippen molar-refractivity contribution in [2.45, 2.75) is 26.3 Å². The Morgan fingerprint density at radius 2 is 2.23 bits per heavy atom. The van der Waals surface area contributed by atoms with Crippen molar-refractivity contribution in [3.05, 3.63) is 23.0 Å². The van der Waals surface area contributed by atoms with Crippen molar-refractivity contribution < 1.29 is 8.78 Å². The van der Waals surface area contributed by atoms with Gasteiger partial charge in [0.1, 0.15) is 0 Å². The van der Waals surface area contributed by atoms with Gasteiger partial charge in [-0.25, -0.2) is 4.68 Å². The maximum Gasteiger partial charge on any atom is 0.333 e. The van der Waals surface area contributed by atoms with E-state index in [0.29, 0.717) is 0 Å². The summed E-state index contributed by atoms with van der Waals surface area (Å²) in [6.45, 7) is -0.526. The topological polar surface area (TPSA) is 17.8 Å². The SMILES string of the molecule is CC1=Cc2cn(C(F)F)nc2CC1. The zero-order valence-electron chi connectivity index (χ0n) is 7.30. The Hall–Kier alpha value is -1.19. The molecule has 70 valence electrons. The van der Waals surface area contributed by atoms with Gasteiger partial charge in [0.05, 0.1) is 5.69 Å². The van der Waals surface area contributed by atoms with Gasteiger partial charge in [0.2, 0.25) is 0 Å². The Morgan fingerprint density at radius 3 is 2.92 bits per heavy atom. The van der Waals surface area contributed by atoms with Crippen LogP contribution in [0.5, 0.6) is 0 Å². The van der Waals surface area contributed by atoms with Gasteiger partial charge < -0.3 is 0 Å². The largest absolute Gasteiger partial charge is 0.333 e. The van der Waals surface area contributed by atoms with Crippen LogP contribution in [0.15, 0.2) is 11.8 Å². The molecule has 0 aliphatic heterocycles. The zero-order chi connectivity index (χ0) is 9.42. The van der Waals surface area contributed by atoms with E-state index in [1.54, 1.807) is 0 Å². The fraction of sp³-hybridized carbons (Fsp3) is 0.444. The number of rotatable bonds is 1. The summed E-state index contributed by atoms with van der Waals surface area (Å²) in [4.78, 5) is 0. The lowest BCUT2D eigenvalue weighted by Gasteiger charge is -2.06. The molecule has 1 aliphatic rings. The van der Waals surface area contributed by atoms with Crippen molar-refractivity contribution in [2.24, 2.45) is 0 Å². The second-order valence-corrected chi connectivity index (χ2v) is 3.28. The van der Waals surface area contributed by atoms with Gasteiger partial charge in [0.25, 0.3) is 0 Å². The zero-order valence-corrected chi connectivity index (χ0v) is 7.30. The van der Waals surface area contributed by atoms with Crippen LogP contribution in [0.25, 0.3) is 6.08 Å². The third-order valence-electron chi connectivity index (χ3n) is 2.20. The molecular formula is C9H10F2N2.